The van der Waals surface area contributed by atoms with Gasteiger partial charge in [-0.15, -0.1) is 0 Å². The van der Waals surface area contributed by atoms with Gasteiger partial charge in [-0.05, 0) is 31.2 Å². The number of rotatable bonds is 5. The van der Waals surface area contributed by atoms with Crippen molar-refractivity contribution >= 4 is 19.9 Å². The summed E-state index contributed by atoms with van der Waals surface area (Å²) in [5.74, 6) is -0.0454. The smallest absolute Gasteiger partial charge is 0.243 e. The maximum atomic E-state index is 12.6. The van der Waals surface area contributed by atoms with Crippen molar-refractivity contribution in [2.45, 2.75) is 23.9 Å². The predicted octanol–water partition coefficient (Wildman–Crippen LogP) is 0.214. The monoisotopic (exact) mass is 332 g/mol. The summed E-state index contributed by atoms with van der Waals surface area (Å²) in [4.78, 5) is 0.196. The van der Waals surface area contributed by atoms with Crippen LogP contribution in [-0.4, -0.2) is 52.8 Å². The number of sulfonamides is 1. The van der Waals surface area contributed by atoms with Gasteiger partial charge in [0.05, 0.1) is 16.4 Å². The van der Waals surface area contributed by atoms with Crippen LogP contribution in [0.5, 0.6) is 0 Å². The average Bonchev–Trinajstić information content (AvgIpc) is 2.79. The van der Waals surface area contributed by atoms with E-state index in [9.17, 15) is 16.8 Å². The van der Waals surface area contributed by atoms with Gasteiger partial charge in [-0.2, -0.15) is 4.31 Å². The van der Waals surface area contributed by atoms with Gasteiger partial charge >= 0.3 is 0 Å². The van der Waals surface area contributed by atoms with Gasteiger partial charge in [0.2, 0.25) is 10.0 Å². The van der Waals surface area contributed by atoms with E-state index in [0.717, 1.165) is 5.56 Å². The van der Waals surface area contributed by atoms with Gasteiger partial charge in [-0.1, -0.05) is 12.1 Å². The molecule has 1 saturated heterocycles. The Kier molecular flexibility index (Phi) is 4.72. The molecular formula is C13H20N2O4S2. The van der Waals surface area contributed by atoms with Crippen molar-refractivity contribution in [3.05, 3.63) is 29.8 Å². The van der Waals surface area contributed by atoms with E-state index < -0.39 is 25.9 Å². The molecule has 0 aliphatic carbocycles. The van der Waals surface area contributed by atoms with Crippen LogP contribution in [0.25, 0.3) is 0 Å². The fraction of sp³-hybridized carbons (Fsp3) is 0.538. The molecule has 21 heavy (non-hydrogen) atoms. The molecule has 0 spiro atoms. The second-order valence-corrected chi connectivity index (χ2v) is 9.48. The van der Waals surface area contributed by atoms with Crippen molar-refractivity contribution in [2.24, 2.45) is 0 Å². The highest BCUT2D eigenvalue weighted by molar-refractivity contribution is 7.92. The molecule has 2 rings (SSSR count). The van der Waals surface area contributed by atoms with E-state index in [1.807, 2.05) is 6.07 Å². The van der Waals surface area contributed by atoms with Crippen LogP contribution < -0.4 is 5.32 Å². The van der Waals surface area contributed by atoms with Crippen LogP contribution in [0, 0.1) is 0 Å². The second-order valence-electron chi connectivity index (χ2n) is 5.26. The largest absolute Gasteiger partial charge is 0.316 e. The van der Waals surface area contributed by atoms with Crippen molar-refractivity contribution < 1.29 is 16.8 Å². The molecule has 1 fully saturated rings. The van der Waals surface area contributed by atoms with Gasteiger partial charge in [0.1, 0.15) is 0 Å². The van der Waals surface area contributed by atoms with Gasteiger partial charge in [0.15, 0.2) is 9.84 Å². The molecule has 0 saturated carbocycles. The predicted molar refractivity (Wildman–Crippen MR) is 81.2 cm³/mol. The van der Waals surface area contributed by atoms with E-state index in [1.165, 1.54) is 17.4 Å². The third-order valence-electron chi connectivity index (χ3n) is 3.68. The van der Waals surface area contributed by atoms with E-state index in [2.05, 4.69) is 5.32 Å². The van der Waals surface area contributed by atoms with Gasteiger partial charge < -0.3 is 5.32 Å². The first-order valence-corrected chi connectivity index (χ1v) is 9.94. The summed E-state index contributed by atoms with van der Waals surface area (Å²) in [6, 6.07) is 6.21. The lowest BCUT2D eigenvalue weighted by Gasteiger charge is -2.23. The van der Waals surface area contributed by atoms with Crippen molar-refractivity contribution in [1.29, 1.82) is 0 Å². The zero-order valence-electron chi connectivity index (χ0n) is 12.1. The number of nitrogens with one attached hydrogen (secondary N) is 1. The molecule has 0 radical (unpaired) electrons. The molecule has 0 bridgehead atoms. The minimum absolute atomic E-state index is 0.0529. The molecule has 1 N–H and O–H groups in total. The first-order valence-electron chi connectivity index (χ1n) is 6.68. The summed E-state index contributed by atoms with van der Waals surface area (Å²) in [5, 5.41) is 2.97. The van der Waals surface area contributed by atoms with Crippen LogP contribution in [-0.2, 0) is 26.4 Å². The molecule has 1 heterocycles. The molecule has 1 aromatic carbocycles. The molecule has 0 aromatic heterocycles. The van der Waals surface area contributed by atoms with Gasteiger partial charge in [0.25, 0.3) is 0 Å². The topological polar surface area (TPSA) is 83.6 Å². The van der Waals surface area contributed by atoms with Crippen molar-refractivity contribution in [3.63, 3.8) is 0 Å². The van der Waals surface area contributed by atoms with Gasteiger partial charge in [-0.3, -0.25) is 0 Å². The maximum Gasteiger partial charge on any atom is 0.243 e. The zero-order valence-corrected chi connectivity index (χ0v) is 13.7. The molecular weight excluding hydrogens is 312 g/mol. The standard InChI is InChI=1S/C13H20N2O4S2/c1-14-9-11-4-3-5-13(8-11)21(18,19)15(2)12-6-7-20(16,17)10-12/h3-5,8,12,14H,6-7,9-10H2,1-2H3. The summed E-state index contributed by atoms with van der Waals surface area (Å²) in [6.45, 7) is 0.574. The Morgan fingerprint density at radius 3 is 2.67 bits per heavy atom. The first-order chi connectivity index (χ1) is 9.76. The first kappa shape index (κ1) is 16.4. The summed E-state index contributed by atoms with van der Waals surface area (Å²) in [7, 11) is -3.55. The Labute approximate surface area is 126 Å². The Hall–Kier alpha value is -0.960. The van der Waals surface area contributed by atoms with Crippen LogP contribution >= 0.6 is 0 Å². The molecule has 8 heteroatoms. The summed E-state index contributed by atoms with van der Waals surface area (Å²) >= 11 is 0. The van der Waals surface area contributed by atoms with Crippen LogP contribution in [0.4, 0.5) is 0 Å². The van der Waals surface area contributed by atoms with Crippen molar-refractivity contribution in [3.8, 4) is 0 Å². The Morgan fingerprint density at radius 2 is 2.10 bits per heavy atom. The van der Waals surface area contributed by atoms with Gasteiger partial charge in [0, 0.05) is 19.6 Å². The normalized spacial score (nSPS) is 21.8. The number of sulfone groups is 1. The van der Waals surface area contributed by atoms with E-state index in [1.54, 1.807) is 19.2 Å². The van der Waals surface area contributed by atoms with E-state index in [0.29, 0.717) is 13.0 Å². The lowest BCUT2D eigenvalue weighted by Crippen LogP contribution is -2.37. The molecule has 1 aromatic rings. The highest BCUT2D eigenvalue weighted by atomic mass is 32.2. The highest BCUT2D eigenvalue weighted by Crippen LogP contribution is 2.23. The Bertz CT molecular complexity index is 713. The molecule has 118 valence electrons. The van der Waals surface area contributed by atoms with Crippen LogP contribution in [0.1, 0.15) is 12.0 Å². The minimum Gasteiger partial charge on any atom is -0.316 e. The number of hydrogen-bond acceptors (Lipinski definition) is 5. The fourth-order valence-electron chi connectivity index (χ4n) is 2.44. The second kappa shape index (κ2) is 6.04. The number of nitrogens with zero attached hydrogens (tertiary/aromatic N) is 1. The third kappa shape index (κ3) is 3.63. The third-order valence-corrected chi connectivity index (χ3v) is 7.34. The van der Waals surface area contributed by atoms with Crippen LogP contribution in [0.15, 0.2) is 29.2 Å². The Morgan fingerprint density at radius 1 is 1.38 bits per heavy atom. The fourth-order valence-corrected chi connectivity index (χ4v) is 5.77. The summed E-state index contributed by atoms with van der Waals surface area (Å²) in [6.07, 6.45) is 0.355. The van der Waals surface area contributed by atoms with Crippen LogP contribution in [0.2, 0.25) is 0 Å². The minimum atomic E-state index is -3.67. The molecule has 6 nitrogen and oxygen atoms in total. The molecule has 1 atom stereocenters. The van der Waals surface area contributed by atoms with E-state index >= 15 is 0 Å². The van der Waals surface area contributed by atoms with E-state index in [4.69, 9.17) is 0 Å². The van der Waals surface area contributed by atoms with E-state index in [-0.39, 0.29) is 16.4 Å². The van der Waals surface area contributed by atoms with Gasteiger partial charge in [-0.25, -0.2) is 16.8 Å². The van der Waals surface area contributed by atoms with Crippen LogP contribution in [0.3, 0.4) is 0 Å². The quantitative estimate of drug-likeness (QED) is 0.833. The highest BCUT2D eigenvalue weighted by Gasteiger charge is 2.36. The number of hydrogen-bond donors (Lipinski definition) is 1. The SMILES string of the molecule is CNCc1cccc(S(=O)(=O)N(C)C2CCS(=O)(=O)C2)c1. The lowest BCUT2D eigenvalue weighted by molar-refractivity contribution is 0.394. The maximum absolute atomic E-state index is 12.6. The summed E-state index contributed by atoms with van der Waals surface area (Å²) in [5.41, 5.74) is 0.867. The summed E-state index contributed by atoms with van der Waals surface area (Å²) < 4.78 is 49.4. The van der Waals surface area contributed by atoms with Crippen molar-refractivity contribution in [1.82, 2.24) is 9.62 Å². The average molecular weight is 332 g/mol. The molecule has 1 unspecified atom stereocenters. The van der Waals surface area contributed by atoms with Crippen molar-refractivity contribution in [2.75, 3.05) is 25.6 Å². The molecule has 0 amide bonds. The lowest BCUT2D eigenvalue weighted by atomic mass is 10.2. The molecule has 1 aliphatic rings. The zero-order chi connectivity index (χ0) is 15.7. The Balaban J connectivity index is 2.27. The number of benzene rings is 1. The molecule has 1 aliphatic heterocycles.